The summed E-state index contributed by atoms with van der Waals surface area (Å²) in [4.78, 5) is 5.39. The molecule has 1 aliphatic heterocycles. The minimum atomic E-state index is -1.13. The highest BCUT2D eigenvalue weighted by Gasteiger charge is 2.26. The number of benzene rings is 2. The monoisotopic (exact) mass is 424 g/mol. The van der Waals surface area contributed by atoms with Gasteiger partial charge in [0.1, 0.15) is 0 Å². The van der Waals surface area contributed by atoms with Crippen molar-refractivity contribution in [1.29, 1.82) is 0 Å². The molecule has 2 aromatic rings. The molecule has 0 amide bonds. The molecule has 2 nitrogen and oxygen atoms in total. The lowest BCUT2D eigenvalue weighted by Crippen LogP contribution is -2.36. The van der Waals surface area contributed by atoms with Crippen LogP contribution in [-0.4, -0.2) is 43.1 Å². The Morgan fingerprint density at radius 2 is 1.41 bits per heavy atom. The number of hydrogen-bond donors (Lipinski definition) is 1. The zero-order valence-electron chi connectivity index (χ0n) is 16.0. The molecule has 27 heavy (non-hydrogen) atoms. The molecule has 0 bridgehead atoms. The minimum absolute atomic E-state index is 0.790. The van der Waals surface area contributed by atoms with Gasteiger partial charge in [-0.3, -0.25) is 0 Å². The molecule has 5 heteroatoms. The summed E-state index contributed by atoms with van der Waals surface area (Å²) >= 11 is 12.3. The van der Waals surface area contributed by atoms with E-state index in [1.54, 1.807) is 0 Å². The average molecular weight is 425 g/mol. The molecular formula is C22H30Cl2N2S. The van der Waals surface area contributed by atoms with E-state index in [1.165, 1.54) is 42.1 Å². The number of nitrogens with zero attached hydrogens (tertiary/aromatic N) is 1. The van der Waals surface area contributed by atoms with Crippen LogP contribution < -0.4 is 5.73 Å². The molecule has 1 saturated heterocycles. The number of hydrogen-bond acceptors (Lipinski definition) is 2. The average Bonchev–Trinajstić information content (AvgIpc) is 2.68. The van der Waals surface area contributed by atoms with Crippen LogP contribution in [0.1, 0.15) is 19.3 Å². The van der Waals surface area contributed by atoms with Crippen molar-refractivity contribution in [2.75, 3.05) is 38.2 Å². The van der Waals surface area contributed by atoms with Gasteiger partial charge in [-0.25, -0.2) is 0 Å². The van der Waals surface area contributed by atoms with E-state index in [2.05, 4.69) is 35.4 Å². The second-order valence-corrected chi connectivity index (χ2v) is 12.0. The van der Waals surface area contributed by atoms with Gasteiger partial charge in [0.15, 0.2) is 0 Å². The van der Waals surface area contributed by atoms with Gasteiger partial charge in [0, 0.05) is 16.6 Å². The van der Waals surface area contributed by atoms with Gasteiger partial charge < -0.3 is 10.6 Å². The summed E-state index contributed by atoms with van der Waals surface area (Å²) < 4.78 is 0. The Labute approximate surface area is 175 Å². The number of rotatable bonds is 7. The number of piperidine rings is 1. The van der Waals surface area contributed by atoms with Crippen molar-refractivity contribution in [3.63, 3.8) is 0 Å². The molecule has 0 atom stereocenters. The Balaban J connectivity index is 1.75. The fourth-order valence-corrected chi connectivity index (χ4v) is 6.98. The zero-order chi connectivity index (χ0) is 19.3. The first-order valence-corrected chi connectivity index (χ1v) is 12.7. The van der Waals surface area contributed by atoms with Crippen molar-refractivity contribution >= 4 is 33.2 Å². The van der Waals surface area contributed by atoms with E-state index in [9.17, 15) is 0 Å². The summed E-state index contributed by atoms with van der Waals surface area (Å²) in [5.41, 5.74) is 5.73. The lowest BCUT2D eigenvalue weighted by Gasteiger charge is -2.40. The van der Waals surface area contributed by atoms with Crippen LogP contribution in [0.15, 0.2) is 58.3 Å². The Morgan fingerprint density at radius 1 is 0.926 bits per heavy atom. The van der Waals surface area contributed by atoms with E-state index >= 15 is 0 Å². The van der Waals surface area contributed by atoms with Crippen LogP contribution in [0, 0.1) is 5.92 Å². The maximum Gasteiger partial charge on any atom is 0.0406 e. The Morgan fingerprint density at radius 3 is 1.85 bits per heavy atom. The second-order valence-electron chi connectivity index (χ2n) is 7.56. The smallest absolute Gasteiger partial charge is 0.0406 e. The number of halogens is 2. The summed E-state index contributed by atoms with van der Waals surface area (Å²) in [6, 6.07) is 16.8. The van der Waals surface area contributed by atoms with E-state index in [0.717, 1.165) is 34.8 Å². The highest BCUT2D eigenvalue weighted by atomic mass is 35.5. The molecule has 0 aromatic heterocycles. The van der Waals surface area contributed by atoms with Crippen molar-refractivity contribution in [1.82, 2.24) is 4.90 Å². The van der Waals surface area contributed by atoms with Gasteiger partial charge in [-0.2, -0.15) is 10.0 Å². The maximum absolute atomic E-state index is 6.14. The van der Waals surface area contributed by atoms with Gasteiger partial charge >= 0.3 is 0 Å². The van der Waals surface area contributed by atoms with Gasteiger partial charge in [-0.15, -0.1) is 0 Å². The van der Waals surface area contributed by atoms with Gasteiger partial charge in [0.25, 0.3) is 0 Å². The third-order valence-electron chi connectivity index (χ3n) is 5.77. The molecule has 2 N–H and O–H groups in total. The van der Waals surface area contributed by atoms with Gasteiger partial charge in [-0.1, -0.05) is 23.2 Å². The van der Waals surface area contributed by atoms with Crippen LogP contribution in [0.5, 0.6) is 0 Å². The quantitative estimate of drug-likeness (QED) is 0.598. The highest BCUT2D eigenvalue weighted by molar-refractivity contribution is 8.33. The van der Waals surface area contributed by atoms with Crippen molar-refractivity contribution < 1.29 is 0 Å². The van der Waals surface area contributed by atoms with Gasteiger partial charge in [-0.05, 0) is 115 Å². The minimum Gasteiger partial charge on any atom is -0.330 e. The first kappa shape index (κ1) is 21.0. The summed E-state index contributed by atoms with van der Waals surface area (Å²) in [7, 11) is -1.13. The third kappa shape index (κ3) is 5.42. The second kappa shape index (κ2) is 9.67. The molecular weight excluding hydrogens is 395 g/mol. The predicted molar refractivity (Wildman–Crippen MR) is 121 cm³/mol. The molecule has 2 aromatic carbocycles. The van der Waals surface area contributed by atoms with Crippen LogP contribution in [0.25, 0.3) is 0 Å². The van der Waals surface area contributed by atoms with E-state index in [-0.39, 0.29) is 0 Å². The van der Waals surface area contributed by atoms with Crippen LogP contribution >= 0.6 is 33.2 Å². The van der Waals surface area contributed by atoms with Crippen molar-refractivity contribution in [3.05, 3.63) is 58.6 Å². The number of nitrogens with two attached hydrogens (primary N) is 1. The molecule has 0 spiro atoms. The first-order chi connectivity index (χ1) is 13.0. The molecule has 1 fully saturated rings. The van der Waals surface area contributed by atoms with E-state index in [1.807, 2.05) is 24.3 Å². The molecule has 3 rings (SSSR count). The summed E-state index contributed by atoms with van der Waals surface area (Å²) in [6.45, 7) is 4.34. The van der Waals surface area contributed by atoms with Crippen LogP contribution in [-0.2, 0) is 0 Å². The standard InChI is InChI=1S/C22H30Cl2N2S/c1-27(21-6-2-19(23)3-7-21,22-8-4-20(24)5-9-22)17-16-26-14-11-18(10-13-25)12-15-26/h2-9,18H,10-17,25H2,1H3. The fourth-order valence-electron chi connectivity index (χ4n) is 3.89. The largest absolute Gasteiger partial charge is 0.330 e. The van der Waals surface area contributed by atoms with Crippen LogP contribution in [0.2, 0.25) is 10.0 Å². The molecule has 0 saturated carbocycles. The summed E-state index contributed by atoms with van der Waals surface area (Å²) in [5, 5.41) is 1.58. The highest BCUT2D eigenvalue weighted by Crippen LogP contribution is 2.59. The van der Waals surface area contributed by atoms with E-state index < -0.39 is 10.0 Å². The maximum atomic E-state index is 6.14. The fraction of sp³-hybridized carbons (Fsp3) is 0.455. The molecule has 0 aliphatic carbocycles. The third-order valence-corrected chi connectivity index (χ3v) is 9.89. The van der Waals surface area contributed by atoms with E-state index in [0.29, 0.717) is 0 Å². The van der Waals surface area contributed by atoms with Gasteiger partial charge in [0.2, 0.25) is 0 Å². The lowest BCUT2D eigenvalue weighted by atomic mass is 9.94. The number of likely N-dealkylation sites (tertiary alicyclic amines) is 1. The molecule has 1 aliphatic rings. The predicted octanol–water partition coefficient (Wildman–Crippen LogP) is 5.91. The molecule has 0 radical (unpaired) electrons. The summed E-state index contributed by atoms with van der Waals surface area (Å²) in [6.07, 6.45) is 6.16. The van der Waals surface area contributed by atoms with Crippen molar-refractivity contribution in [3.8, 4) is 0 Å². The van der Waals surface area contributed by atoms with Gasteiger partial charge in [0.05, 0.1) is 0 Å². The SMILES string of the molecule is CS(CCN1CCC(CCN)CC1)(c1ccc(Cl)cc1)c1ccc(Cl)cc1. The normalized spacial score (nSPS) is 17.2. The van der Waals surface area contributed by atoms with Crippen LogP contribution in [0.4, 0.5) is 0 Å². The Hall–Kier alpha value is -0.710. The molecule has 148 valence electrons. The Bertz CT molecular complexity index is 665. The van der Waals surface area contributed by atoms with Crippen molar-refractivity contribution in [2.45, 2.75) is 29.1 Å². The van der Waals surface area contributed by atoms with Crippen molar-refractivity contribution in [2.24, 2.45) is 11.7 Å². The van der Waals surface area contributed by atoms with E-state index in [4.69, 9.17) is 28.9 Å². The Kier molecular flexibility index (Phi) is 7.52. The topological polar surface area (TPSA) is 29.3 Å². The zero-order valence-corrected chi connectivity index (χ0v) is 18.4. The molecule has 0 unspecified atom stereocenters. The summed E-state index contributed by atoms with van der Waals surface area (Å²) in [5.74, 6) is 1.97. The lowest BCUT2D eigenvalue weighted by molar-refractivity contribution is 0.189. The first-order valence-electron chi connectivity index (χ1n) is 9.71. The van der Waals surface area contributed by atoms with Crippen LogP contribution in [0.3, 0.4) is 0 Å². The molecule has 1 heterocycles.